The van der Waals surface area contributed by atoms with E-state index in [9.17, 15) is 4.79 Å². The molecule has 0 N–H and O–H groups in total. The first kappa shape index (κ1) is 14.9. The van der Waals surface area contributed by atoms with Crippen molar-refractivity contribution in [1.82, 2.24) is 0 Å². The molecular formula is C17H18O4. The molecule has 0 aromatic heterocycles. The van der Waals surface area contributed by atoms with Gasteiger partial charge < -0.3 is 14.2 Å². The molecule has 0 saturated heterocycles. The van der Waals surface area contributed by atoms with E-state index in [2.05, 4.69) is 0 Å². The number of hydrogen-bond acceptors (Lipinski definition) is 4. The molecule has 0 heterocycles. The number of hydrogen-bond donors (Lipinski definition) is 0. The second-order valence-electron chi connectivity index (χ2n) is 4.49. The average Bonchev–Trinajstić information content (AvgIpc) is 2.52. The SMILES string of the molecule is COc1ccccc1COc1c(OC)cccc1C(C)=O. The minimum absolute atomic E-state index is 0.0658. The summed E-state index contributed by atoms with van der Waals surface area (Å²) in [5.74, 6) is 1.68. The van der Waals surface area contributed by atoms with Gasteiger partial charge in [0.15, 0.2) is 17.3 Å². The fraction of sp³-hybridized carbons (Fsp3) is 0.235. The van der Waals surface area contributed by atoms with Crippen molar-refractivity contribution in [3.8, 4) is 17.2 Å². The molecule has 0 aliphatic carbocycles. The van der Waals surface area contributed by atoms with Crippen LogP contribution in [-0.2, 0) is 6.61 Å². The number of carbonyl (C=O) groups excluding carboxylic acids is 1. The molecule has 2 rings (SSSR count). The first-order valence-corrected chi connectivity index (χ1v) is 6.60. The van der Waals surface area contributed by atoms with E-state index in [4.69, 9.17) is 14.2 Å². The van der Waals surface area contributed by atoms with Gasteiger partial charge in [0.25, 0.3) is 0 Å². The third kappa shape index (κ3) is 3.34. The molecule has 0 spiro atoms. The average molecular weight is 286 g/mol. The molecule has 0 fully saturated rings. The maximum absolute atomic E-state index is 11.7. The van der Waals surface area contributed by atoms with E-state index in [1.807, 2.05) is 24.3 Å². The number of rotatable bonds is 6. The summed E-state index contributed by atoms with van der Waals surface area (Å²) >= 11 is 0. The summed E-state index contributed by atoms with van der Waals surface area (Å²) < 4.78 is 16.4. The minimum atomic E-state index is -0.0658. The van der Waals surface area contributed by atoms with Gasteiger partial charge in [-0.15, -0.1) is 0 Å². The molecule has 2 aromatic rings. The summed E-state index contributed by atoms with van der Waals surface area (Å²) in [7, 11) is 3.16. The van der Waals surface area contributed by atoms with Crippen molar-refractivity contribution in [3.05, 3.63) is 53.6 Å². The zero-order valence-corrected chi connectivity index (χ0v) is 12.4. The third-order valence-corrected chi connectivity index (χ3v) is 3.14. The van der Waals surface area contributed by atoms with Gasteiger partial charge in [0.2, 0.25) is 0 Å². The first-order valence-electron chi connectivity index (χ1n) is 6.60. The van der Waals surface area contributed by atoms with Crippen molar-refractivity contribution in [1.29, 1.82) is 0 Å². The largest absolute Gasteiger partial charge is 0.496 e. The van der Waals surface area contributed by atoms with Gasteiger partial charge in [0.1, 0.15) is 12.4 Å². The Kier molecular flexibility index (Phi) is 4.82. The lowest BCUT2D eigenvalue weighted by atomic mass is 10.1. The van der Waals surface area contributed by atoms with Crippen molar-refractivity contribution >= 4 is 5.78 Å². The number of para-hydroxylation sites is 2. The van der Waals surface area contributed by atoms with Crippen molar-refractivity contribution in [2.45, 2.75) is 13.5 Å². The van der Waals surface area contributed by atoms with E-state index in [0.29, 0.717) is 23.7 Å². The Bertz CT molecular complexity index is 634. The lowest BCUT2D eigenvalue weighted by molar-refractivity contribution is 0.101. The van der Waals surface area contributed by atoms with Crippen LogP contribution in [0.5, 0.6) is 17.2 Å². The van der Waals surface area contributed by atoms with Gasteiger partial charge in [-0.3, -0.25) is 4.79 Å². The minimum Gasteiger partial charge on any atom is -0.496 e. The molecular weight excluding hydrogens is 268 g/mol. The van der Waals surface area contributed by atoms with Crippen LogP contribution in [0.4, 0.5) is 0 Å². The van der Waals surface area contributed by atoms with Crippen LogP contribution in [0, 0.1) is 0 Å². The molecule has 0 aliphatic heterocycles. The standard InChI is InChI=1S/C17H18O4/c1-12(18)14-8-6-10-16(20-3)17(14)21-11-13-7-4-5-9-15(13)19-2/h4-10H,11H2,1-3H3. The number of ether oxygens (including phenoxy) is 3. The van der Waals surface area contributed by atoms with E-state index in [1.165, 1.54) is 6.92 Å². The molecule has 0 unspecified atom stereocenters. The first-order chi connectivity index (χ1) is 10.2. The van der Waals surface area contributed by atoms with E-state index >= 15 is 0 Å². The Balaban J connectivity index is 2.29. The van der Waals surface area contributed by atoms with Crippen LogP contribution < -0.4 is 14.2 Å². The van der Waals surface area contributed by atoms with Crippen molar-refractivity contribution in [2.24, 2.45) is 0 Å². The molecule has 0 bridgehead atoms. The zero-order chi connectivity index (χ0) is 15.2. The Labute approximate surface area is 124 Å². The highest BCUT2D eigenvalue weighted by molar-refractivity contribution is 5.97. The molecule has 0 aliphatic rings. The summed E-state index contributed by atoms with van der Waals surface area (Å²) in [5, 5.41) is 0. The van der Waals surface area contributed by atoms with Crippen LogP contribution >= 0.6 is 0 Å². The number of methoxy groups -OCH3 is 2. The molecule has 4 heteroatoms. The number of benzene rings is 2. The maximum Gasteiger partial charge on any atom is 0.172 e. The molecule has 4 nitrogen and oxygen atoms in total. The zero-order valence-electron chi connectivity index (χ0n) is 12.4. The molecule has 21 heavy (non-hydrogen) atoms. The summed E-state index contributed by atoms with van der Waals surface area (Å²) in [6, 6.07) is 12.9. The van der Waals surface area contributed by atoms with Crippen LogP contribution in [0.1, 0.15) is 22.8 Å². The normalized spacial score (nSPS) is 10.0. The summed E-state index contributed by atoms with van der Waals surface area (Å²) in [6.07, 6.45) is 0. The van der Waals surface area contributed by atoms with Gasteiger partial charge in [-0.05, 0) is 25.1 Å². The fourth-order valence-electron chi connectivity index (χ4n) is 2.07. The smallest absolute Gasteiger partial charge is 0.172 e. The van der Waals surface area contributed by atoms with Gasteiger partial charge in [0, 0.05) is 5.56 Å². The second kappa shape index (κ2) is 6.79. The summed E-state index contributed by atoms with van der Waals surface area (Å²) in [5.41, 5.74) is 1.41. The van der Waals surface area contributed by atoms with E-state index in [1.54, 1.807) is 32.4 Å². The molecule has 0 saturated carbocycles. The van der Waals surface area contributed by atoms with Crippen molar-refractivity contribution in [2.75, 3.05) is 14.2 Å². The Morgan fingerprint density at radius 2 is 1.62 bits per heavy atom. The third-order valence-electron chi connectivity index (χ3n) is 3.14. The highest BCUT2D eigenvalue weighted by atomic mass is 16.5. The van der Waals surface area contributed by atoms with E-state index in [-0.39, 0.29) is 5.78 Å². The predicted molar refractivity (Wildman–Crippen MR) is 80.3 cm³/mol. The molecule has 2 aromatic carbocycles. The second-order valence-corrected chi connectivity index (χ2v) is 4.49. The molecule has 110 valence electrons. The van der Waals surface area contributed by atoms with Crippen molar-refractivity contribution in [3.63, 3.8) is 0 Å². The summed E-state index contributed by atoms with van der Waals surface area (Å²) in [4.78, 5) is 11.7. The highest BCUT2D eigenvalue weighted by Crippen LogP contribution is 2.32. The number of Topliss-reactive ketones (excluding diaryl/α,β-unsaturated/α-hetero) is 1. The van der Waals surface area contributed by atoms with Gasteiger partial charge in [-0.2, -0.15) is 0 Å². The van der Waals surface area contributed by atoms with Crippen molar-refractivity contribution < 1.29 is 19.0 Å². The van der Waals surface area contributed by atoms with Gasteiger partial charge in [0.05, 0.1) is 19.8 Å². The fourth-order valence-corrected chi connectivity index (χ4v) is 2.07. The number of ketones is 1. The molecule has 0 amide bonds. The van der Waals surface area contributed by atoms with E-state index < -0.39 is 0 Å². The van der Waals surface area contributed by atoms with Gasteiger partial charge >= 0.3 is 0 Å². The predicted octanol–water partition coefficient (Wildman–Crippen LogP) is 3.49. The monoisotopic (exact) mass is 286 g/mol. The topological polar surface area (TPSA) is 44.8 Å². The molecule has 0 atom stereocenters. The highest BCUT2D eigenvalue weighted by Gasteiger charge is 2.14. The summed E-state index contributed by atoms with van der Waals surface area (Å²) in [6.45, 7) is 1.80. The van der Waals surface area contributed by atoms with Crippen LogP contribution in [0.25, 0.3) is 0 Å². The molecule has 0 radical (unpaired) electrons. The lowest BCUT2D eigenvalue weighted by Crippen LogP contribution is -2.04. The van der Waals surface area contributed by atoms with Gasteiger partial charge in [-0.25, -0.2) is 0 Å². The maximum atomic E-state index is 11.7. The van der Waals surface area contributed by atoms with E-state index in [0.717, 1.165) is 11.3 Å². The quantitative estimate of drug-likeness (QED) is 0.763. The Hall–Kier alpha value is -2.49. The Morgan fingerprint density at radius 1 is 0.952 bits per heavy atom. The Morgan fingerprint density at radius 3 is 2.29 bits per heavy atom. The lowest BCUT2D eigenvalue weighted by Gasteiger charge is -2.15. The number of carbonyl (C=O) groups is 1. The van der Waals surface area contributed by atoms with Crippen LogP contribution in [0.3, 0.4) is 0 Å². The van der Waals surface area contributed by atoms with Crippen LogP contribution in [0.15, 0.2) is 42.5 Å². The van der Waals surface area contributed by atoms with Gasteiger partial charge in [-0.1, -0.05) is 24.3 Å². The van der Waals surface area contributed by atoms with Crippen LogP contribution in [-0.4, -0.2) is 20.0 Å². The van der Waals surface area contributed by atoms with Crippen LogP contribution in [0.2, 0.25) is 0 Å².